The zero-order valence-corrected chi connectivity index (χ0v) is 13.6. The number of rotatable bonds is 2. The number of hydrogen-bond donors (Lipinski definition) is 1. The van der Waals surface area contributed by atoms with Crippen molar-refractivity contribution in [1.82, 2.24) is 4.98 Å². The molecule has 2 aromatic heterocycles. The van der Waals surface area contributed by atoms with E-state index in [1.807, 2.05) is 12.1 Å². The summed E-state index contributed by atoms with van der Waals surface area (Å²) in [7, 11) is 0. The van der Waals surface area contributed by atoms with Gasteiger partial charge in [-0.1, -0.05) is 6.92 Å². The first kappa shape index (κ1) is 13.3. The largest absolute Gasteiger partial charge is 0.297 e. The van der Waals surface area contributed by atoms with Crippen LogP contribution in [0.1, 0.15) is 33.6 Å². The van der Waals surface area contributed by atoms with E-state index in [1.54, 1.807) is 11.3 Å². The molecular weight excluding hydrogens is 344 g/mol. The molecule has 1 aliphatic carbocycles. The number of aryl methyl sites for hydroxylation is 1. The van der Waals surface area contributed by atoms with Crippen molar-refractivity contribution in [2.75, 3.05) is 5.32 Å². The number of halogens is 1. The second kappa shape index (κ2) is 5.34. The molecule has 1 aliphatic rings. The fourth-order valence-corrected chi connectivity index (χ4v) is 4.64. The van der Waals surface area contributed by atoms with Gasteiger partial charge in [-0.2, -0.15) is 0 Å². The number of fused-ring (bicyclic) bond motifs is 1. The summed E-state index contributed by atoms with van der Waals surface area (Å²) < 4.78 is 0.963. The zero-order chi connectivity index (χ0) is 13.4. The average molecular weight is 357 g/mol. The molecule has 1 N–H and O–H groups in total. The number of carbonyl (C=O) groups is 1. The molecule has 0 fully saturated rings. The SMILES string of the molecule is CC1CCc2nc(NC(=O)c3ccc(Br)s3)sc2C1. The highest BCUT2D eigenvalue weighted by Crippen LogP contribution is 2.32. The first-order valence-electron chi connectivity index (χ1n) is 6.17. The average Bonchev–Trinajstić information content (AvgIpc) is 2.94. The number of amides is 1. The quantitative estimate of drug-likeness (QED) is 0.869. The molecule has 1 unspecified atom stereocenters. The number of carbonyl (C=O) groups excluding carboxylic acids is 1. The minimum atomic E-state index is -0.0742. The van der Waals surface area contributed by atoms with Gasteiger partial charge in [0, 0.05) is 4.88 Å². The van der Waals surface area contributed by atoms with Crippen LogP contribution in [0.5, 0.6) is 0 Å². The third kappa shape index (κ3) is 2.90. The monoisotopic (exact) mass is 356 g/mol. The lowest BCUT2D eigenvalue weighted by atomic mass is 9.93. The van der Waals surface area contributed by atoms with Crippen molar-refractivity contribution in [2.45, 2.75) is 26.2 Å². The molecule has 1 atom stereocenters. The number of thiazole rings is 1. The van der Waals surface area contributed by atoms with Crippen LogP contribution >= 0.6 is 38.6 Å². The summed E-state index contributed by atoms with van der Waals surface area (Å²) in [5.41, 5.74) is 1.17. The van der Waals surface area contributed by atoms with Crippen LogP contribution in [0.25, 0.3) is 0 Å². The number of aromatic nitrogens is 1. The zero-order valence-electron chi connectivity index (χ0n) is 10.4. The lowest BCUT2D eigenvalue weighted by molar-refractivity contribution is 0.103. The van der Waals surface area contributed by atoms with E-state index in [9.17, 15) is 4.79 Å². The Morgan fingerprint density at radius 2 is 2.32 bits per heavy atom. The van der Waals surface area contributed by atoms with Gasteiger partial charge < -0.3 is 0 Å². The molecule has 0 radical (unpaired) electrons. The molecule has 0 bridgehead atoms. The summed E-state index contributed by atoms with van der Waals surface area (Å²) in [6, 6.07) is 3.70. The predicted octanol–water partition coefficient (Wildman–Crippen LogP) is 4.34. The number of nitrogens with zero attached hydrogens (tertiary/aromatic N) is 1. The Kier molecular flexibility index (Phi) is 3.73. The van der Waals surface area contributed by atoms with Gasteiger partial charge in [0.15, 0.2) is 5.13 Å². The van der Waals surface area contributed by atoms with Crippen LogP contribution in [0.15, 0.2) is 15.9 Å². The molecule has 0 saturated carbocycles. The Bertz CT molecular complexity index is 620. The third-order valence-electron chi connectivity index (χ3n) is 3.20. The Morgan fingerprint density at radius 3 is 3.05 bits per heavy atom. The minimum absolute atomic E-state index is 0.0742. The molecule has 0 aliphatic heterocycles. The summed E-state index contributed by atoms with van der Waals surface area (Å²) in [5.74, 6) is 0.652. The van der Waals surface area contributed by atoms with Crippen molar-refractivity contribution in [1.29, 1.82) is 0 Å². The highest BCUT2D eigenvalue weighted by Gasteiger charge is 2.20. The molecule has 19 heavy (non-hydrogen) atoms. The third-order valence-corrected chi connectivity index (χ3v) is 5.86. The maximum absolute atomic E-state index is 12.0. The Labute approximate surface area is 128 Å². The van der Waals surface area contributed by atoms with Crippen molar-refractivity contribution in [2.24, 2.45) is 5.92 Å². The minimum Gasteiger partial charge on any atom is -0.297 e. The van der Waals surface area contributed by atoms with Crippen molar-refractivity contribution in [3.63, 3.8) is 0 Å². The molecule has 0 saturated heterocycles. The first-order valence-corrected chi connectivity index (χ1v) is 8.59. The first-order chi connectivity index (χ1) is 9.11. The highest BCUT2D eigenvalue weighted by atomic mass is 79.9. The number of anilines is 1. The van der Waals surface area contributed by atoms with Crippen LogP contribution in [0, 0.1) is 5.92 Å². The predicted molar refractivity (Wildman–Crippen MR) is 83.3 cm³/mol. The van der Waals surface area contributed by atoms with E-state index < -0.39 is 0 Å². The van der Waals surface area contributed by atoms with Gasteiger partial charge in [-0.3, -0.25) is 10.1 Å². The van der Waals surface area contributed by atoms with E-state index in [0.29, 0.717) is 4.88 Å². The Balaban J connectivity index is 1.75. The van der Waals surface area contributed by atoms with Crippen molar-refractivity contribution >= 4 is 49.6 Å². The molecule has 2 heterocycles. The van der Waals surface area contributed by atoms with Crippen LogP contribution in [0.4, 0.5) is 5.13 Å². The molecule has 2 aromatic rings. The summed E-state index contributed by atoms with van der Waals surface area (Å²) in [6.45, 7) is 2.27. The van der Waals surface area contributed by atoms with E-state index in [-0.39, 0.29) is 5.91 Å². The second-order valence-corrected chi connectivity index (χ2v) is 8.34. The van der Waals surface area contributed by atoms with Gasteiger partial charge in [0.05, 0.1) is 14.4 Å². The van der Waals surface area contributed by atoms with Crippen LogP contribution in [0.3, 0.4) is 0 Å². The van der Waals surface area contributed by atoms with E-state index in [4.69, 9.17) is 0 Å². The highest BCUT2D eigenvalue weighted by molar-refractivity contribution is 9.11. The molecule has 3 nitrogen and oxygen atoms in total. The van der Waals surface area contributed by atoms with Crippen LogP contribution < -0.4 is 5.32 Å². The van der Waals surface area contributed by atoms with Crippen molar-refractivity contribution in [3.05, 3.63) is 31.4 Å². The van der Waals surface area contributed by atoms with Crippen molar-refractivity contribution in [3.8, 4) is 0 Å². The standard InChI is InChI=1S/C13H13BrN2OS2/c1-7-2-3-8-10(6-7)19-13(15-8)16-12(17)9-4-5-11(14)18-9/h4-5,7H,2-3,6H2,1H3,(H,15,16,17). The van der Waals surface area contributed by atoms with Gasteiger partial charge in [-0.05, 0) is 53.2 Å². The van der Waals surface area contributed by atoms with Gasteiger partial charge in [-0.15, -0.1) is 22.7 Å². The smallest absolute Gasteiger partial charge is 0.267 e. The van der Waals surface area contributed by atoms with Crippen LogP contribution in [0.2, 0.25) is 0 Å². The summed E-state index contributed by atoms with van der Waals surface area (Å²) in [5, 5.41) is 3.63. The molecule has 0 aromatic carbocycles. The summed E-state index contributed by atoms with van der Waals surface area (Å²) in [4.78, 5) is 18.6. The maximum atomic E-state index is 12.0. The summed E-state index contributed by atoms with van der Waals surface area (Å²) in [6.07, 6.45) is 3.32. The van der Waals surface area contributed by atoms with E-state index >= 15 is 0 Å². The van der Waals surface area contributed by atoms with E-state index in [2.05, 4.69) is 33.2 Å². The second-order valence-electron chi connectivity index (χ2n) is 4.79. The Hall–Kier alpha value is -0.720. The lowest BCUT2D eigenvalue weighted by Crippen LogP contribution is -2.10. The molecule has 1 amide bonds. The van der Waals surface area contributed by atoms with E-state index in [1.165, 1.54) is 28.3 Å². The molecule has 6 heteroatoms. The van der Waals surface area contributed by atoms with Gasteiger partial charge in [0.25, 0.3) is 5.91 Å². The number of thiophene rings is 1. The topological polar surface area (TPSA) is 42.0 Å². The number of nitrogens with one attached hydrogen (secondary N) is 1. The van der Waals surface area contributed by atoms with E-state index in [0.717, 1.165) is 27.7 Å². The Morgan fingerprint density at radius 1 is 1.47 bits per heavy atom. The van der Waals surface area contributed by atoms with Gasteiger partial charge >= 0.3 is 0 Å². The van der Waals surface area contributed by atoms with Gasteiger partial charge in [0.1, 0.15) is 0 Å². The molecule has 100 valence electrons. The van der Waals surface area contributed by atoms with Gasteiger partial charge in [-0.25, -0.2) is 4.98 Å². The van der Waals surface area contributed by atoms with Crippen molar-refractivity contribution < 1.29 is 4.79 Å². The molecule has 3 rings (SSSR count). The van der Waals surface area contributed by atoms with Gasteiger partial charge in [0.2, 0.25) is 0 Å². The fraction of sp³-hybridized carbons (Fsp3) is 0.385. The maximum Gasteiger partial charge on any atom is 0.267 e. The molecule has 0 spiro atoms. The van der Waals surface area contributed by atoms with Crippen LogP contribution in [-0.4, -0.2) is 10.9 Å². The summed E-state index contributed by atoms with van der Waals surface area (Å²) >= 11 is 6.41. The lowest BCUT2D eigenvalue weighted by Gasteiger charge is -2.15. The fourth-order valence-electron chi connectivity index (χ4n) is 2.19. The molecular formula is C13H13BrN2OS2. The number of hydrogen-bond acceptors (Lipinski definition) is 4. The van der Waals surface area contributed by atoms with Crippen LogP contribution in [-0.2, 0) is 12.8 Å². The normalized spacial score (nSPS) is 18.1.